The summed E-state index contributed by atoms with van der Waals surface area (Å²) in [7, 11) is 0. The second kappa shape index (κ2) is 5.01. The minimum atomic E-state index is -1.27. The number of halogens is 2. The van der Waals surface area contributed by atoms with Crippen LogP contribution in [-0.2, 0) is 0 Å². The van der Waals surface area contributed by atoms with Crippen molar-refractivity contribution in [3.8, 4) is 0 Å². The molecule has 2 aromatic rings. The fraction of sp³-hybridized carbons (Fsp3) is 0.182. The van der Waals surface area contributed by atoms with Crippen LogP contribution in [0.15, 0.2) is 24.5 Å². The van der Waals surface area contributed by atoms with Crippen LogP contribution in [0.3, 0.4) is 0 Å². The average molecular weight is 268 g/mol. The summed E-state index contributed by atoms with van der Waals surface area (Å²) in [5.41, 5.74) is -0.328. The molecule has 0 fully saturated rings. The van der Waals surface area contributed by atoms with Crippen LogP contribution in [0.1, 0.15) is 18.5 Å². The van der Waals surface area contributed by atoms with E-state index in [1.54, 1.807) is 13.1 Å². The third-order valence-corrected chi connectivity index (χ3v) is 2.65. The van der Waals surface area contributed by atoms with Gasteiger partial charge >= 0.3 is 0 Å². The summed E-state index contributed by atoms with van der Waals surface area (Å²) in [5, 5.41) is 19.7. The van der Waals surface area contributed by atoms with Gasteiger partial charge in [-0.3, -0.25) is 15.2 Å². The lowest BCUT2D eigenvalue weighted by Gasteiger charge is -2.14. The van der Waals surface area contributed by atoms with Gasteiger partial charge in [0.1, 0.15) is 0 Å². The molecular weight excluding hydrogens is 258 g/mol. The van der Waals surface area contributed by atoms with E-state index in [2.05, 4.69) is 15.5 Å². The highest BCUT2D eigenvalue weighted by molar-refractivity contribution is 5.63. The molecule has 0 spiro atoms. The van der Waals surface area contributed by atoms with Crippen LogP contribution in [0.25, 0.3) is 0 Å². The van der Waals surface area contributed by atoms with E-state index in [1.165, 1.54) is 6.20 Å². The first kappa shape index (κ1) is 12.9. The van der Waals surface area contributed by atoms with Crippen LogP contribution < -0.4 is 5.32 Å². The first-order chi connectivity index (χ1) is 9.00. The Morgan fingerprint density at radius 1 is 1.47 bits per heavy atom. The summed E-state index contributed by atoms with van der Waals surface area (Å²) in [6.45, 7) is 1.65. The zero-order valence-corrected chi connectivity index (χ0v) is 9.85. The zero-order valence-electron chi connectivity index (χ0n) is 9.85. The zero-order chi connectivity index (χ0) is 14.0. The molecule has 8 heteroatoms. The van der Waals surface area contributed by atoms with E-state index in [0.717, 1.165) is 12.1 Å². The fourth-order valence-electron chi connectivity index (χ4n) is 1.63. The lowest BCUT2D eigenvalue weighted by atomic mass is 10.1. The molecule has 0 saturated heterocycles. The summed E-state index contributed by atoms with van der Waals surface area (Å²) in [4.78, 5) is 10.0. The smallest absolute Gasteiger partial charge is 0.295 e. The number of anilines is 1. The molecule has 0 bridgehead atoms. The summed E-state index contributed by atoms with van der Waals surface area (Å²) in [6.07, 6.45) is 3.04. The molecule has 100 valence electrons. The van der Waals surface area contributed by atoms with Crippen molar-refractivity contribution in [1.29, 1.82) is 0 Å². The molecule has 1 aromatic carbocycles. The summed E-state index contributed by atoms with van der Waals surface area (Å²) < 4.78 is 26.8. The lowest BCUT2D eigenvalue weighted by molar-refractivity contribution is -0.384. The summed E-state index contributed by atoms with van der Waals surface area (Å²) in [5.74, 6) is -2.42. The number of nitro benzene ring substituents is 1. The van der Waals surface area contributed by atoms with Crippen LogP contribution in [0.5, 0.6) is 0 Å². The van der Waals surface area contributed by atoms with Crippen molar-refractivity contribution in [2.24, 2.45) is 0 Å². The number of aromatic amines is 1. The minimum absolute atomic E-state index is 0.464. The topological polar surface area (TPSA) is 83.8 Å². The maximum Gasteiger partial charge on any atom is 0.295 e. The number of hydrogen-bond donors (Lipinski definition) is 2. The number of rotatable bonds is 4. The molecule has 0 amide bonds. The Labute approximate surface area is 106 Å². The largest absolute Gasteiger partial charge is 0.370 e. The van der Waals surface area contributed by atoms with E-state index in [1.807, 2.05) is 0 Å². The minimum Gasteiger partial charge on any atom is -0.370 e. The van der Waals surface area contributed by atoms with Crippen LogP contribution in [0.4, 0.5) is 20.2 Å². The van der Waals surface area contributed by atoms with Crippen molar-refractivity contribution >= 4 is 11.4 Å². The Balaban J connectivity index is 2.38. The Hall–Kier alpha value is -2.51. The van der Waals surface area contributed by atoms with Gasteiger partial charge in [-0.05, 0) is 13.0 Å². The van der Waals surface area contributed by atoms with Gasteiger partial charge in [-0.15, -0.1) is 0 Å². The SMILES string of the molecule is CC(Nc1c([N+](=O)[O-])ccc(F)c1F)c1cn[nH]c1. The lowest BCUT2D eigenvalue weighted by Crippen LogP contribution is -2.10. The molecule has 6 nitrogen and oxygen atoms in total. The van der Waals surface area contributed by atoms with Crippen molar-refractivity contribution in [2.75, 3.05) is 5.32 Å². The molecule has 1 atom stereocenters. The van der Waals surface area contributed by atoms with Gasteiger partial charge in [0.05, 0.1) is 17.2 Å². The molecule has 0 aliphatic heterocycles. The second-order valence-corrected chi connectivity index (χ2v) is 3.91. The van der Waals surface area contributed by atoms with E-state index < -0.39 is 34.0 Å². The molecule has 0 aliphatic rings. The number of nitro groups is 1. The number of nitrogens with one attached hydrogen (secondary N) is 2. The van der Waals surface area contributed by atoms with Crippen molar-refractivity contribution in [1.82, 2.24) is 10.2 Å². The van der Waals surface area contributed by atoms with Crippen molar-refractivity contribution in [2.45, 2.75) is 13.0 Å². The van der Waals surface area contributed by atoms with Gasteiger partial charge in [0.15, 0.2) is 17.3 Å². The first-order valence-electron chi connectivity index (χ1n) is 5.38. The average Bonchev–Trinajstić information content (AvgIpc) is 2.88. The van der Waals surface area contributed by atoms with Gasteiger partial charge in [0.25, 0.3) is 5.69 Å². The van der Waals surface area contributed by atoms with Gasteiger partial charge in [-0.25, -0.2) is 8.78 Å². The van der Waals surface area contributed by atoms with Crippen molar-refractivity contribution in [3.63, 3.8) is 0 Å². The number of benzene rings is 1. The maximum absolute atomic E-state index is 13.7. The molecule has 2 N–H and O–H groups in total. The first-order valence-corrected chi connectivity index (χ1v) is 5.38. The predicted octanol–water partition coefficient (Wildman–Crippen LogP) is 2.77. The van der Waals surface area contributed by atoms with Crippen LogP contribution in [0.2, 0.25) is 0 Å². The van der Waals surface area contributed by atoms with E-state index in [4.69, 9.17) is 0 Å². The highest BCUT2D eigenvalue weighted by atomic mass is 19.2. The van der Waals surface area contributed by atoms with E-state index >= 15 is 0 Å². The standard InChI is InChI=1S/C11H10F2N4O2/c1-6(7-4-14-15-5-7)16-11-9(17(18)19)3-2-8(12)10(11)13/h2-6,16H,1H3,(H,14,15). The summed E-state index contributed by atoms with van der Waals surface area (Å²) >= 11 is 0. The Bertz CT molecular complexity index is 601. The maximum atomic E-state index is 13.7. The number of nitrogens with zero attached hydrogens (tertiary/aromatic N) is 2. The molecule has 1 aromatic heterocycles. The van der Waals surface area contributed by atoms with Crippen molar-refractivity contribution < 1.29 is 13.7 Å². The van der Waals surface area contributed by atoms with Gasteiger partial charge in [-0.2, -0.15) is 5.10 Å². The third kappa shape index (κ3) is 2.51. The van der Waals surface area contributed by atoms with Crippen molar-refractivity contribution in [3.05, 3.63) is 51.8 Å². The van der Waals surface area contributed by atoms with E-state index in [0.29, 0.717) is 5.56 Å². The Morgan fingerprint density at radius 3 is 2.79 bits per heavy atom. The number of aromatic nitrogens is 2. The van der Waals surface area contributed by atoms with Gasteiger partial charge in [-0.1, -0.05) is 0 Å². The third-order valence-electron chi connectivity index (χ3n) is 2.65. The summed E-state index contributed by atoms with van der Waals surface area (Å²) in [6, 6.07) is 1.18. The Kier molecular flexibility index (Phi) is 3.41. The van der Waals surface area contributed by atoms with Gasteiger partial charge in [0, 0.05) is 17.8 Å². The normalized spacial score (nSPS) is 12.2. The second-order valence-electron chi connectivity index (χ2n) is 3.91. The predicted molar refractivity (Wildman–Crippen MR) is 63.6 cm³/mol. The van der Waals surface area contributed by atoms with Crippen LogP contribution >= 0.6 is 0 Å². The molecule has 0 radical (unpaired) electrons. The van der Waals surface area contributed by atoms with E-state index in [-0.39, 0.29) is 0 Å². The Morgan fingerprint density at radius 2 is 2.21 bits per heavy atom. The highest BCUT2D eigenvalue weighted by Gasteiger charge is 2.23. The molecule has 2 rings (SSSR count). The monoisotopic (exact) mass is 268 g/mol. The fourth-order valence-corrected chi connectivity index (χ4v) is 1.63. The molecular formula is C11H10F2N4O2. The molecule has 1 heterocycles. The number of H-pyrrole nitrogens is 1. The highest BCUT2D eigenvalue weighted by Crippen LogP contribution is 2.31. The van der Waals surface area contributed by atoms with E-state index in [9.17, 15) is 18.9 Å². The quantitative estimate of drug-likeness (QED) is 0.659. The molecule has 0 saturated carbocycles. The van der Waals surface area contributed by atoms with Gasteiger partial charge in [0.2, 0.25) is 0 Å². The van der Waals surface area contributed by atoms with Gasteiger partial charge < -0.3 is 5.32 Å². The molecule has 1 unspecified atom stereocenters. The van der Waals surface area contributed by atoms with Crippen LogP contribution in [-0.4, -0.2) is 15.1 Å². The number of hydrogen-bond acceptors (Lipinski definition) is 4. The van der Waals surface area contributed by atoms with Crippen LogP contribution in [0, 0.1) is 21.7 Å². The molecule has 19 heavy (non-hydrogen) atoms. The molecule has 0 aliphatic carbocycles.